The van der Waals surface area contributed by atoms with Crippen LogP contribution in [0.3, 0.4) is 0 Å². The molecule has 0 bridgehead atoms. The Labute approximate surface area is 173 Å². The highest BCUT2D eigenvalue weighted by Crippen LogP contribution is 2.32. The van der Waals surface area contributed by atoms with Crippen molar-refractivity contribution in [3.05, 3.63) is 64.6 Å². The highest BCUT2D eigenvalue weighted by Gasteiger charge is 2.26. The van der Waals surface area contributed by atoms with Crippen LogP contribution >= 0.6 is 11.6 Å². The zero-order chi connectivity index (χ0) is 20.4. The van der Waals surface area contributed by atoms with Gasteiger partial charge < -0.3 is 10.1 Å². The Kier molecular flexibility index (Phi) is 5.45. The summed E-state index contributed by atoms with van der Waals surface area (Å²) < 4.78 is 5.37. The lowest BCUT2D eigenvalue weighted by Crippen LogP contribution is -2.23. The second kappa shape index (κ2) is 8.17. The second-order valence-corrected chi connectivity index (χ2v) is 7.60. The minimum Gasteiger partial charge on any atom is -0.452 e. The number of rotatable bonds is 4. The van der Waals surface area contributed by atoms with E-state index in [4.69, 9.17) is 21.3 Å². The van der Waals surface area contributed by atoms with Gasteiger partial charge in [-0.05, 0) is 48.9 Å². The number of para-hydroxylation sites is 1. The zero-order valence-corrected chi connectivity index (χ0v) is 16.7. The van der Waals surface area contributed by atoms with Crippen LogP contribution in [0.1, 0.15) is 35.0 Å². The van der Waals surface area contributed by atoms with Gasteiger partial charge in [0.2, 0.25) is 0 Å². The van der Waals surface area contributed by atoms with Crippen molar-refractivity contribution in [2.45, 2.75) is 26.2 Å². The van der Waals surface area contributed by atoms with Crippen LogP contribution in [0.4, 0.5) is 5.69 Å². The first-order valence-corrected chi connectivity index (χ1v) is 9.88. The Morgan fingerprint density at radius 3 is 2.90 bits per heavy atom. The number of carbonyl (C=O) groups is 2. The molecule has 148 valence electrons. The average Bonchev–Trinajstić information content (AvgIpc) is 2.72. The van der Waals surface area contributed by atoms with Crippen LogP contribution in [0.5, 0.6) is 0 Å². The number of anilines is 1. The van der Waals surface area contributed by atoms with Gasteiger partial charge in [-0.2, -0.15) is 0 Å². The number of ether oxygens (including phenoxy) is 1. The van der Waals surface area contributed by atoms with Crippen LogP contribution in [0, 0.1) is 5.92 Å². The summed E-state index contributed by atoms with van der Waals surface area (Å²) in [5.74, 6) is -0.525. The van der Waals surface area contributed by atoms with Gasteiger partial charge in [-0.3, -0.25) is 9.78 Å². The van der Waals surface area contributed by atoms with Crippen molar-refractivity contribution in [3.63, 3.8) is 0 Å². The summed E-state index contributed by atoms with van der Waals surface area (Å²) in [4.78, 5) is 33.9. The van der Waals surface area contributed by atoms with Crippen molar-refractivity contribution < 1.29 is 14.3 Å². The number of hydrogen-bond donors (Lipinski definition) is 1. The van der Waals surface area contributed by atoms with Gasteiger partial charge in [0, 0.05) is 17.3 Å². The second-order valence-electron chi connectivity index (χ2n) is 7.24. The molecule has 1 atom stereocenters. The molecule has 0 radical (unpaired) electrons. The Hall–Kier alpha value is -2.99. The molecule has 1 aliphatic rings. The minimum atomic E-state index is -0.513. The molecule has 4 rings (SSSR count). The fourth-order valence-corrected chi connectivity index (χ4v) is 3.83. The lowest BCUT2D eigenvalue weighted by molar-refractivity contribution is -0.119. The van der Waals surface area contributed by atoms with Crippen molar-refractivity contribution in [1.82, 2.24) is 9.97 Å². The number of nitrogens with one attached hydrogen (secondary N) is 1. The summed E-state index contributed by atoms with van der Waals surface area (Å²) in [7, 11) is 0. The first-order chi connectivity index (χ1) is 14.0. The molecule has 7 heteroatoms. The fraction of sp³-hybridized carbons (Fsp3) is 0.273. The van der Waals surface area contributed by atoms with Crippen molar-refractivity contribution in [2.75, 3.05) is 11.9 Å². The van der Waals surface area contributed by atoms with Crippen LogP contribution in [0.15, 0.2) is 42.6 Å². The molecule has 2 heterocycles. The van der Waals surface area contributed by atoms with E-state index in [-0.39, 0.29) is 5.15 Å². The van der Waals surface area contributed by atoms with Gasteiger partial charge >= 0.3 is 5.97 Å². The maximum absolute atomic E-state index is 13.0. The van der Waals surface area contributed by atoms with E-state index in [2.05, 4.69) is 17.2 Å². The van der Waals surface area contributed by atoms with Gasteiger partial charge in [0.25, 0.3) is 5.91 Å². The highest BCUT2D eigenvalue weighted by molar-refractivity contribution is 6.32. The molecular weight excluding hydrogens is 390 g/mol. The van der Waals surface area contributed by atoms with E-state index >= 15 is 0 Å². The Morgan fingerprint density at radius 1 is 1.24 bits per heavy atom. The number of carbonyl (C=O) groups excluding carboxylic acids is 2. The van der Waals surface area contributed by atoms with Crippen LogP contribution in [-0.4, -0.2) is 28.5 Å². The van der Waals surface area contributed by atoms with Gasteiger partial charge in [0.05, 0.1) is 16.8 Å². The Bertz CT molecular complexity index is 1100. The number of nitrogens with zero attached hydrogens (tertiary/aromatic N) is 2. The van der Waals surface area contributed by atoms with Gasteiger partial charge in [0.15, 0.2) is 11.8 Å². The van der Waals surface area contributed by atoms with Crippen LogP contribution in [0.2, 0.25) is 5.15 Å². The first-order valence-electron chi connectivity index (χ1n) is 9.51. The molecule has 1 aromatic carbocycles. The smallest absolute Gasteiger partial charge is 0.339 e. The van der Waals surface area contributed by atoms with Crippen LogP contribution in [0.25, 0.3) is 10.9 Å². The third-order valence-electron chi connectivity index (χ3n) is 5.08. The number of pyridine rings is 2. The number of hydrogen-bond acceptors (Lipinski definition) is 5. The lowest BCUT2D eigenvalue weighted by Gasteiger charge is -2.24. The Morgan fingerprint density at radius 2 is 2.07 bits per heavy atom. The zero-order valence-electron chi connectivity index (χ0n) is 15.9. The van der Waals surface area contributed by atoms with E-state index < -0.39 is 18.5 Å². The maximum Gasteiger partial charge on any atom is 0.339 e. The van der Waals surface area contributed by atoms with Crippen molar-refractivity contribution in [3.8, 4) is 0 Å². The molecule has 6 nitrogen and oxygen atoms in total. The molecule has 0 unspecified atom stereocenters. The third kappa shape index (κ3) is 4.07. The summed E-state index contributed by atoms with van der Waals surface area (Å²) in [6.07, 6.45) is 4.18. The number of amides is 1. The summed E-state index contributed by atoms with van der Waals surface area (Å²) in [5.41, 5.74) is 3.53. The van der Waals surface area contributed by atoms with E-state index in [1.54, 1.807) is 12.1 Å². The van der Waals surface area contributed by atoms with E-state index in [0.717, 1.165) is 41.4 Å². The highest BCUT2D eigenvalue weighted by atomic mass is 35.5. The average molecular weight is 410 g/mol. The molecule has 0 fully saturated rings. The fourth-order valence-electron chi connectivity index (χ4n) is 3.66. The SMILES string of the molecule is C[C@H]1CCc2nc3ccccc3c(C(=O)OCC(=O)Nc3cccnc3Cl)c2C1. The molecule has 0 spiro atoms. The lowest BCUT2D eigenvalue weighted by atomic mass is 9.84. The summed E-state index contributed by atoms with van der Waals surface area (Å²) >= 11 is 5.94. The maximum atomic E-state index is 13.0. The van der Waals surface area contributed by atoms with Crippen molar-refractivity contribution in [2.24, 2.45) is 5.92 Å². The van der Waals surface area contributed by atoms with Crippen molar-refractivity contribution >= 4 is 40.1 Å². The molecular formula is C22H20ClN3O3. The van der Waals surface area contributed by atoms with Crippen LogP contribution in [-0.2, 0) is 22.4 Å². The van der Waals surface area contributed by atoms with E-state index in [0.29, 0.717) is 17.2 Å². The molecule has 0 aliphatic heterocycles. The number of aryl methyl sites for hydroxylation is 1. The monoisotopic (exact) mass is 409 g/mol. The largest absolute Gasteiger partial charge is 0.452 e. The van der Waals surface area contributed by atoms with Gasteiger partial charge in [-0.25, -0.2) is 9.78 Å². The van der Waals surface area contributed by atoms with E-state index in [9.17, 15) is 9.59 Å². The van der Waals surface area contributed by atoms with Gasteiger partial charge in [-0.1, -0.05) is 36.7 Å². The molecule has 1 aliphatic carbocycles. The van der Waals surface area contributed by atoms with E-state index in [1.165, 1.54) is 6.20 Å². The predicted molar refractivity (Wildman–Crippen MR) is 111 cm³/mol. The third-order valence-corrected chi connectivity index (χ3v) is 5.38. The molecule has 2 aromatic heterocycles. The summed E-state index contributed by atoms with van der Waals surface area (Å²) in [5, 5.41) is 3.53. The van der Waals surface area contributed by atoms with Crippen molar-refractivity contribution in [1.29, 1.82) is 0 Å². The van der Waals surface area contributed by atoms with Crippen LogP contribution < -0.4 is 5.32 Å². The summed E-state index contributed by atoms with van der Waals surface area (Å²) in [6, 6.07) is 10.8. The number of aromatic nitrogens is 2. The quantitative estimate of drug-likeness (QED) is 0.515. The number of esters is 1. The predicted octanol–water partition coefficient (Wildman–Crippen LogP) is 4.20. The minimum absolute atomic E-state index is 0.176. The number of benzene rings is 1. The molecule has 3 aromatic rings. The number of fused-ring (bicyclic) bond motifs is 2. The topological polar surface area (TPSA) is 81.2 Å². The Balaban J connectivity index is 1.57. The normalized spacial score (nSPS) is 15.6. The van der Waals surface area contributed by atoms with Gasteiger partial charge in [-0.15, -0.1) is 0 Å². The standard InChI is InChI=1S/C22H20ClN3O3/c1-13-8-9-17-15(11-13)20(14-5-2-3-6-16(14)25-17)22(28)29-12-19(27)26-18-7-4-10-24-21(18)23/h2-7,10,13H,8-9,11-12H2,1H3,(H,26,27)/t13-/m0/s1. The number of halogens is 1. The molecule has 1 N–H and O–H groups in total. The molecule has 0 saturated carbocycles. The molecule has 29 heavy (non-hydrogen) atoms. The first kappa shape index (κ1) is 19.3. The van der Waals surface area contributed by atoms with E-state index in [1.807, 2.05) is 24.3 Å². The molecule has 0 saturated heterocycles. The van der Waals surface area contributed by atoms with Gasteiger partial charge in [0.1, 0.15) is 0 Å². The molecule has 1 amide bonds. The summed E-state index contributed by atoms with van der Waals surface area (Å²) in [6.45, 7) is 1.75.